The average Bonchev–Trinajstić information content (AvgIpc) is 2.40. The predicted octanol–water partition coefficient (Wildman–Crippen LogP) is 1.76. The molecule has 0 saturated heterocycles. The zero-order valence-corrected chi connectivity index (χ0v) is 10.5. The summed E-state index contributed by atoms with van der Waals surface area (Å²) < 4.78 is 0. The third-order valence-electron chi connectivity index (χ3n) is 3.98. The molecule has 3 heteroatoms. The first-order valence-electron chi connectivity index (χ1n) is 6.35. The van der Waals surface area contributed by atoms with E-state index in [4.69, 9.17) is 5.73 Å². The molecule has 0 heterocycles. The Morgan fingerprint density at radius 3 is 2.41 bits per heavy atom. The molecule has 3 nitrogen and oxygen atoms in total. The number of nitrogens with two attached hydrogens (primary N) is 1. The van der Waals surface area contributed by atoms with Crippen LogP contribution in [0.5, 0.6) is 0 Å². The minimum Gasteiger partial charge on any atom is -0.389 e. The van der Waals surface area contributed by atoms with Crippen LogP contribution in [0.25, 0.3) is 0 Å². The molecule has 0 unspecified atom stereocenters. The van der Waals surface area contributed by atoms with Crippen LogP contribution in [0.15, 0.2) is 30.3 Å². The third-order valence-corrected chi connectivity index (χ3v) is 3.98. The maximum Gasteiger partial charge on any atom is 0.0770 e. The van der Waals surface area contributed by atoms with Gasteiger partial charge in [-0.2, -0.15) is 0 Å². The highest BCUT2D eigenvalue weighted by molar-refractivity contribution is 5.46. The molecule has 0 radical (unpaired) electrons. The van der Waals surface area contributed by atoms with E-state index in [0.717, 1.165) is 25.7 Å². The second kappa shape index (κ2) is 5.07. The molecule has 0 aromatic heterocycles. The maximum atomic E-state index is 10.1. The summed E-state index contributed by atoms with van der Waals surface area (Å²) in [4.78, 5) is 2.32. The molecule has 1 fully saturated rings. The van der Waals surface area contributed by atoms with Crippen molar-refractivity contribution in [3.8, 4) is 0 Å². The van der Waals surface area contributed by atoms with Gasteiger partial charge in [0.15, 0.2) is 0 Å². The summed E-state index contributed by atoms with van der Waals surface area (Å²) in [5, 5.41) is 10.1. The fourth-order valence-corrected chi connectivity index (χ4v) is 2.61. The molecule has 0 bridgehead atoms. The summed E-state index contributed by atoms with van der Waals surface area (Å²) in [6, 6.07) is 10.9. The van der Waals surface area contributed by atoms with Crippen LogP contribution in [0.1, 0.15) is 25.7 Å². The van der Waals surface area contributed by atoms with Gasteiger partial charge >= 0.3 is 0 Å². The Labute approximate surface area is 103 Å². The lowest BCUT2D eigenvalue weighted by molar-refractivity contribution is 0.00800. The van der Waals surface area contributed by atoms with Gasteiger partial charge in [0, 0.05) is 25.3 Å². The highest BCUT2D eigenvalue weighted by Crippen LogP contribution is 2.31. The fourth-order valence-electron chi connectivity index (χ4n) is 2.61. The average molecular weight is 234 g/mol. The molecule has 1 saturated carbocycles. The largest absolute Gasteiger partial charge is 0.389 e. The number of rotatable bonds is 3. The van der Waals surface area contributed by atoms with Crippen molar-refractivity contribution >= 4 is 5.69 Å². The van der Waals surface area contributed by atoms with Gasteiger partial charge < -0.3 is 15.7 Å². The van der Waals surface area contributed by atoms with Gasteiger partial charge in [-0.25, -0.2) is 0 Å². The molecule has 0 amide bonds. The van der Waals surface area contributed by atoms with E-state index in [1.165, 1.54) is 5.69 Å². The van der Waals surface area contributed by atoms with Gasteiger partial charge in [-0.3, -0.25) is 0 Å². The number of anilines is 1. The molecule has 0 spiro atoms. The Morgan fingerprint density at radius 2 is 1.88 bits per heavy atom. The minimum atomic E-state index is -0.617. The van der Waals surface area contributed by atoms with Gasteiger partial charge in [0.25, 0.3) is 0 Å². The summed E-state index contributed by atoms with van der Waals surface area (Å²) >= 11 is 0. The Morgan fingerprint density at radius 1 is 1.29 bits per heavy atom. The molecule has 94 valence electrons. The molecule has 3 N–H and O–H groups in total. The van der Waals surface area contributed by atoms with Crippen molar-refractivity contribution in [2.45, 2.75) is 37.3 Å². The maximum absolute atomic E-state index is 10.1. The summed E-state index contributed by atoms with van der Waals surface area (Å²) in [6.45, 7) is 0.384. The zero-order chi connectivity index (χ0) is 12.3. The van der Waals surface area contributed by atoms with E-state index in [2.05, 4.69) is 36.2 Å². The van der Waals surface area contributed by atoms with Crippen molar-refractivity contribution in [1.82, 2.24) is 0 Å². The predicted molar refractivity (Wildman–Crippen MR) is 71.1 cm³/mol. The first kappa shape index (κ1) is 12.4. The molecule has 0 aliphatic heterocycles. The van der Waals surface area contributed by atoms with Crippen molar-refractivity contribution in [2.75, 3.05) is 18.5 Å². The fraction of sp³-hybridized carbons (Fsp3) is 0.571. The Kier molecular flexibility index (Phi) is 3.69. The van der Waals surface area contributed by atoms with Crippen LogP contribution in [0.4, 0.5) is 5.69 Å². The topological polar surface area (TPSA) is 49.5 Å². The molecule has 17 heavy (non-hydrogen) atoms. The van der Waals surface area contributed by atoms with E-state index < -0.39 is 5.60 Å². The van der Waals surface area contributed by atoms with E-state index in [1.807, 2.05) is 6.07 Å². The van der Waals surface area contributed by atoms with Crippen LogP contribution in [-0.2, 0) is 0 Å². The van der Waals surface area contributed by atoms with Crippen LogP contribution in [0.2, 0.25) is 0 Å². The second-order valence-electron chi connectivity index (χ2n) is 5.11. The van der Waals surface area contributed by atoms with Gasteiger partial charge in [-0.15, -0.1) is 0 Å². The van der Waals surface area contributed by atoms with Crippen LogP contribution >= 0.6 is 0 Å². The number of benzene rings is 1. The lowest BCUT2D eigenvalue weighted by Gasteiger charge is -2.39. The molecule has 2 rings (SSSR count). The van der Waals surface area contributed by atoms with E-state index in [0.29, 0.717) is 12.6 Å². The highest BCUT2D eigenvalue weighted by Gasteiger charge is 2.33. The van der Waals surface area contributed by atoms with Gasteiger partial charge in [-0.1, -0.05) is 18.2 Å². The minimum absolute atomic E-state index is 0.384. The van der Waals surface area contributed by atoms with E-state index in [-0.39, 0.29) is 0 Å². The second-order valence-corrected chi connectivity index (χ2v) is 5.11. The van der Waals surface area contributed by atoms with Crippen LogP contribution in [0.3, 0.4) is 0 Å². The van der Waals surface area contributed by atoms with Crippen molar-refractivity contribution in [3.05, 3.63) is 30.3 Å². The standard InChI is InChI=1S/C14H22N2O/c1-16(12-5-3-2-4-6-12)13-7-9-14(17,11-15)10-8-13/h2-6,13,17H,7-11,15H2,1H3. The molecule has 1 aliphatic carbocycles. The van der Waals surface area contributed by atoms with Gasteiger partial charge in [0.2, 0.25) is 0 Å². The van der Waals surface area contributed by atoms with Crippen molar-refractivity contribution < 1.29 is 5.11 Å². The van der Waals surface area contributed by atoms with E-state index >= 15 is 0 Å². The number of para-hydroxylation sites is 1. The van der Waals surface area contributed by atoms with Crippen LogP contribution in [-0.4, -0.2) is 30.3 Å². The third kappa shape index (κ3) is 2.79. The Hall–Kier alpha value is -1.06. The number of hydrogen-bond donors (Lipinski definition) is 2. The van der Waals surface area contributed by atoms with Crippen molar-refractivity contribution in [1.29, 1.82) is 0 Å². The smallest absolute Gasteiger partial charge is 0.0770 e. The summed E-state index contributed by atoms with van der Waals surface area (Å²) in [5.74, 6) is 0. The molecule has 1 aliphatic rings. The zero-order valence-electron chi connectivity index (χ0n) is 10.5. The highest BCUT2D eigenvalue weighted by atomic mass is 16.3. The summed E-state index contributed by atoms with van der Waals surface area (Å²) in [6.07, 6.45) is 3.65. The summed E-state index contributed by atoms with van der Waals surface area (Å²) in [7, 11) is 2.13. The molecule has 0 atom stereocenters. The molecular weight excluding hydrogens is 212 g/mol. The number of hydrogen-bond acceptors (Lipinski definition) is 3. The lowest BCUT2D eigenvalue weighted by atomic mass is 9.81. The number of aliphatic hydroxyl groups is 1. The quantitative estimate of drug-likeness (QED) is 0.838. The number of nitrogens with zero attached hydrogens (tertiary/aromatic N) is 1. The van der Waals surface area contributed by atoms with Crippen LogP contribution in [0, 0.1) is 0 Å². The van der Waals surface area contributed by atoms with Crippen molar-refractivity contribution in [3.63, 3.8) is 0 Å². The van der Waals surface area contributed by atoms with E-state index in [1.54, 1.807) is 0 Å². The lowest BCUT2D eigenvalue weighted by Crippen LogP contribution is -2.46. The first-order valence-corrected chi connectivity index (χ1v) is 6.35. The van der Waals surface area contributed by atoms with Gasteiger partial charge in [-0.05, 0) is 37.8 Å². The Balaban J connectivity index is 1.97. The molecule has 1 aromatic rings. The van der Waals surface area contributed by atoms with Crippen LogP contribution < -0.4 is 10.6 Å². The summed E-state index contributed by atoms with van der Waals surface area (Å²) in [5.41, 5.74) is 6.24. The SMILES string of the molecule is CN(c1ccccc1)C1CCC(O)(CN)CC1. The first-order chi connectivity index (χ1) is 8.14. The molecule has 1 aromatic carbocycles. The Bertz CT molecular complexity index is 344. The van der Waals surface area contributed by atoms with Gasteiger partial charge in [0.1, 0.15) is 0 Å². The van der Waals surface area contributed by atoms with Gasteiger partial charge in [0.05, 0.1) is 5.60 Å². The molecular formula is C14H22N2O. The van der Waals surface area contributed by atoms with Crippen molar-refractivity contribution in [2.24, 2.45) is 5.73 Å². The van der Waals surface area contributed by atoms with E-state index in [9.17, 15) is 5.11 Å². The monoisotopic (exact) mass is 234 g/mol. The normalized spacial score (nSPS) is 29.0.